The molecule has 0 aliphatic carbocycles. The van der Waals surface area contributed by atoms with Gasteiger partial charge in [-0.1, -0.05) is 19.1 Å². The summed E-state index contributed by atoms with van der Waals surface area (Å²) in [6.45, 7) is 1.76. The minimum Gasteiger partial charge on any atom is -0.394 e. The van der Waals surface area contributed by atoms with Gasteiger partial charge in [-0.25, -0.2) is 0 Å². The number of fused-ring (bicyclic) bond motifs is 1. The summed E-state index contributed by atoms with van der Waals surface area (Å²) >= 11 is 0. The highest BCUT2D eigenvalue weighted by Gasteiger charge is 2.34. The Kier molecular flexibility index (Phi) is 4.70. The summed E-state index contributed by atoms with van der Waals surface area (Å²) in [5, 5.41) is 11.7. The van der Waals surface area contributed by atoms with E-state index in [2.05, 4.69) is 5.32 Å². The summed E-state index contributed by atoms with van der Waals surface area (Å²) in [5.41, 5.74) is 0.759. The number of hydrogen-bond donors (Lipinski definition) is 2. The molecule has 0 spiro atoms. The molecule has 0 bridgehead atoms. The minimum atomic E-state index is -0.363. The Morgan fingerprint density at radius 2 is 1.81 bits per heavy atom. The molecule has 0 saturated carbocycles. The number of rotatable bonds is 6. The van der Waals surface area contributed by atoms with Crippen LogP contribution in [0.3, 0.4) is 0 Å². The third-order valence-corrected chi connectivity index (χ3v) is 3.52. The summed E-state index contributed by atoms with van der Waals surface area (Å²) in [5.74, 6) is -1.01. The average molecular weight is 290 g/mol. The zero-order valence-corrected chi connectivity index (χ0v) is 11.8. The molecule has 6 nitrogen and oxygen atoms in total. The van der Waals surface area contributed by atoms with Crippen LogP contribution < -0.4 is 5.32 Å². The van der Waals surface area contributed by atoms with E-state index < -0.39 is 0 Å². The molecule has 6 heteroatoms. The predicted octanol–water partition coefficient (Wildman–Crippen LogP) is 0.560. The Hall–Kier alpha value is -2.21. The third-order valence-electron chi connectivity index (χ3n) is 3.52. The maximum absolute atomic E-state index is 12.1. The molecule has 0 fully saturated rings. The molecule has 1 aliphatic rings. The van der Waals surface area contributed by atoms with Crippen LogP contribution in [0.2, 0.25) is 0 Å². The molecule has 1 atom stereocenters. The van der Waals surface area contributed by atoms with Crippen LogP contribution in [0.15, 0.2) is 24.3 Å². The van der Waals surface area contributed by atoms with Crippen LogP contribution in [-0.4, -0.2) is 46.9 Å². The Morgan fingerprint density at radius 3 is 2.29 bits per heavy atom. The van der Waals surface area contributed by atoms with Gasteiger partial charge in [-0.05, 0) is 18.6 Å². The second kappa shape index (κ2) is 6.49. The molecule has 3 amide bonds. The second-order valence-electron chi connectivity index (χ2n) is 4.91. The number of nitrogens with zero attached hydrogens (tertiary/aromatic N) is 1. The van der Waals surface area contributed by atoms with E-state index in [9.17, 15) is 14.4 Å². The van der Waals surface area contributed by atoms with E-state index in [1.54, 1.807) is 24.3 Å². The van der Waals surface area contributed by atoms with Crippen LogP contribution in [0.25, 0.3) is 0 Å². The lowest BCUT2D eigenvalue weighted by atomic mass is 10.1. The molecule has 112 valence electrons. The second-order valence-corrected chi connectivity index (χ2v) is 4.91. The summed E-state index contributed by atoms with van der Waals surface area (Å²) in [4.78, 5) is 37.0. The first-order valence-electron chi connectivity index (χ1n) is 6.94. The quantitative estimate of drug-likeness (QED) is 0.749. The number of aliphatic hydroxyl groups is 1. The Balaban J connectivity index is 1.95. The summed E-state index contributed by atoms with van der Waals surface area (Å²) in [6, 6.07) is 6.32. The maximum Gasteiger partial charge on any atom is 0.261 e. The molecule has 1 aliphatic heterocycles. The molecule has 1 unspecified atom stereocenters. The van der Waals surface area contributed by atoms with Gasteiger partial charge in [-0.15, -0.1) is 0 Å². The molecule has 0 aromatic heterocycles. The minimum absolute atomic E-state index is 0.0297. The van der Waals surface area contributed by atoms with Crippen LogP contribution in [-0.2, 0) is 4.79 Å². The van der Waals surface area contributed by atoms with Crippen LogP contribution in [0.5, 0.6) is 0 Å². The number of imide groups is 1. The van der Waals surface area contributed by atoms with Gasteiger partial charge in [0.2, 0.25) is 5.91 Å². The summed E-state index contributed by atoms with van der Waals surface area (Å²) < 4.78 is 0. The highest BCUT2D eigenvalue weighted by Crippen LogP contribution is 2.22. The zero-order valence-electron chi connectivity index (χ0n) is 11.8. The lowest BCUT2D eigenvalue weighted by Crippen LogP contribution is -2.39. The first kappa shape index (κ1) is 15.2. The number of carbonyl (C=O) groups is 3. The van der Waals surface area contributed by atoms with E-state index in [-0.39, 0.29) is 43.3 Å². The topological polar surface area (TPSA) is 86.7 Å². The van der Waals surface area contributed by atoms with Gasteiger partial charge in [-0.2, -0.15) is 0 Å². The number of aliphatic hydroxyl groups excluding tert-OH is 1. The first-order valence-corrected chi connectivity index (χ1v) is 6.94. The van der Waals surface area contributed by atoms with Gasteiger partial charge >= 0.3 is 0 Å². The van der Waals surface area contributed by atoms with Crippen molar-refractivity contribution in [3.63, 3.8) is 0 Å². The fourth-order valence-corrected chi connectivity index (χ4v) is 2.23. The van der Waals surface area contributed by atoms with Crippen molar-refractivity contribution in [3.8, 4) is 0 Å². The molecule has 0 saturated heterocycles. The van der Waals surface area contributed by atoms with Crippen molar-refractivity contribution >= 4 is 17.7 Å². The predicted molar refractivity (Wildman–Crippen MR) is 75.7 cm³/mol. The molecular weight excluding hydrogens is 272 g/mol. The van der Waals surface area contributed by atoms with Gasteiger partial charge in [0, 0.05) is 13.0 Å². The molecule has 21 heavy (non-hydrogen) atoms. The molecule has 2 N–H and O–H groups in total. The van der Waals surface area contributed by atoms with Crippen LogP contribution in [0, 0.1) is 0 Å². The lowest BCUT2D eigenvalue weighted by molar-refractivity contribution is -0.122. The van der Waals surface area contributed by atoms with Gasteiger partial charge in [0.25, 0.3) is 11.8 Å². The van der Waals surface area contributed by atoms with Crippen LogP contribution >= 0.6 is 0 Å². The lowest BCUT2D eigenvalue weighted by Gasteiger charge is -2.16. The highest BCUT2D eigenvalue weighted by molar-refractivity contribution is 6.21. The SMILES string of the molecule is CCC(CO)NC(=O)CCN1C(=O)c2ccccc2C1=O. The number of hydrogen-bond acceptors (Lipinski definition) is 4. The van der Waals surface area contributed by atoms with E-state index in [4.69, 9.17) is 5.11 Å². The standard InChI is InChI=1S/C15H18N2O4/c1-2-10(9-18)16-13(19)7-8-17-14(20)11-5-3-4-6-12(11)15(17)21/h3-6,10,18H,2,7-9H2,1H3,(H,16,19). The molecule has 1 aromatic carbocycles. The Bertz CT molecular complexity index is 532. The number of benzene rings is 1. The van der Waals surface area contributed by atoms with Crippen molar-refractivity contribution in [1.82, 2.24) is 10.2 Å². The molecule has 1 aromatic rings. The van der Waals surface area contributed by atoms with Crippen molar-refractivity contribution in [3.05, 3.63) is 35.4 Å². The largest absolute Gasteiger partial charge is 0.394 e. The fourth-order valence-electron chi connectivity index (χ4n) is 2.23. The highest BCUT2D eigenvalue weighted by atomic mass is 16.3. The number of amides is 3. The Labute approximate surface area is 122 Å². The van der Waals surface area contributed by atoms with Crippen molar-refractivity contribution < 1.29 is 19.5 Å². The monoisotopic (exact) mass is 290 g/mol. The van der Waals surface area contributed by atoms with Crippen molar-refractivity contribution in [2.24, 2.45) is 0 Å². The summed E-state index contributed by atoms with van der Waals surface area (Å²) in [6.07, 6.45) is 0.650. The molecular formula is C15H18N2O4. The molecule has 0 radical (unpaired) electrons. The van der Waals surface area contributed by atoms with Gasteiger partial charge in [0.15, 0.2) is 0 Å². The van der Waals surface area contributed by atoms with Gasteiger partial charge < -0.3 is 10.4 Å². The fraction of sp³-hybridized carbons (Fsp3) is 0.400. The van der Waals surface area contributed by atoms with E-state index in [0.29, 0.717) is 17.5 Å². The molecule has 2 rings (SSSR count). The number of nitrogens with one attached hydrogen (secondary N) is 1. The van der Waals surface area contributed by atoms with Crippen LogP contribution in [0.1, 0.15) is 40.5 Å². The summed E-state index contributed by atoms with van der Waals surface area (Å²) in [7, 11) is 0. The Morgan fingerprint density at radius 1 is 1.24 bits per heavy atom. The van der Waals surface area contributed by atoms with Gasteiger partial charge in [-0.3, -0.25) is 19.3 Å². The van der Waals surface area contributed by atoms with Crippen molar-refractivity contribution in [2.75, 3.05) is 13.2 Å². The van der Waals surface area contributed by atoms with Crippen molar-refractivity contribution in [2.45, 2.75) is 25.8 Å². The average Bonchev–Trinajstić information content (AvgIpc) is 2.75. The van der Waals surface area contributed by atoms with Crippen LogP contribution in [0.4, 0.5) is 0 Å². The van der Waals surface area contributed by atoms with Crippen molar-refractivity contribution in [1.29, 1.82) is 0 Å². The van der Waals surface area contributed by atoms with E-state index in [1.165, 1.54) is 0 Å². The van der Waals surface area contributed by atoms with Gasteiger partial charge in [0.05, 0.1) is 23.8 Å². The third kappa shape index (κ3) is 3.11. The van der Waals surface area contributed by atoms with Gasteiger partial charge in [0.1, 0.15) is 0 Å². The normalized spacial score (nSPS) is 15.0. The molecule has 1 heterocycles. The zero-order chi connectivity index (χ0) is 15.4. The van der Waals surface area contributed by atoms with E-state index in [1.807, 2.05) is 6.92 Å². The maximum atomic E-state index is 12.1. The van der Waals surface area contributed by atoms with E-state index in [0.717, 1.165) is 4.90 Å². The number of carbonyl (C=O) groups excluding carboxylic acids is 3. The first-order chi connectivity index (χ1) is 10.1. The van der Waals surface area contributed by atoms with E-state index >= 15 is 0 Å². The smallest absolute Gasteiger partial charge is 0.261 e.